The van der Waals surface area contributed by atoms with Crippen molar-refractivity contribution in [3.05, 3.63) is 29.8 Å². The number of benzene rings is 1. The summed E-state index contributed by atoms with van der Waals surface area (Å²) in [5.41, 5.74) is 7.40. The van der Waals surface area contributed by atoms with Gasteiger partial charge in [-0.15, -0.1) is 0 Å². The van der Waals surface area contributed by atoms with Gasteiger partial charge in [0.05, 0.1) is 19.7 Å². The van der Waals surface area contributed by atoms with E-state index in [1.54, 1.807) is 14.2 Å². The van der Waals surface area contributed by atoms with Crippen LogP contribution in [0.3, 0.4) is 0 Å². The number of carbonyl (C=O) groups excluding carboxylic acids is 1. The van der Waals surface area contributed by atoms with E-state index in [1.807, 2.05) is 31.2 Å². The Labute approximate surface area is 127 Å². The summed E-state index contributed by atoms with van der Waals surface area (Å²) in [5.74, 6) is 0.796. The van der Waals surface area contributed by atoms with Crippen LogP contribution in [0.15, 0.2) is 24.3 Å². The number of nitrogens with two attached hydrogens (primary N) is 1. The SMILES string of the molecule is CCC(N)C(c1cccc(OC)c1)N(CC)CC(=O)NC. The maximum atomic E-state index is 11.7. The van der Waals surface area contributed by atoms with Gasteiger partial charge in [-0.1, -0.05) is 26.0 Å². The number of likely N-dealkylation sites (N-methyl/N-ethyl adjacent to an activating group) is 2. The zero-order valence-corrected chi connectivity index (χ0v) is 13.4. The minimum absolute atomic E-state index is 0.00644. The quantitative estimate of drug-likeness (QED) is 0.763. The Kier molecular flexibility index (Phi) is 7.19. The van der Waals surface area contributed by atoms with Crippen LogP contribution in [-0.2, 0) is 4.79 Å². The second-order valence-corrected chi connectivity index (χ2v) is 5.03. The van der Waals surface area contributed by atoms with Gasteiger partial charge in [0.25, 0.3) is 0 Å². The third-order valence-corrected chi connectivity index (χ3v) is 3.74. The normalized spacial score (nSPS) is 13.8. The topological polar surface area (TPSA) is 67.6 Å². The van der Waals surface area contributed by atoms with E-state index in [1.165, 1.54) is 0 Å². The zero-order chi connectivity index (χ0) is 15.8. The number of nitrogens with one attached hydrogen (secondary N) is 1. The molecule has 1 aromatic rings. The highest BCUT2D eigenvalue weighted by atomic mass is 16.5. The number of rotatable bonds is 8. The van der Waals surface area contributed by atoms with E-state index in [0.717, 1.165) is 24.3 Å². The number of hydrogen-bond acceptors (Lipinski definition) is 4. The molecule has 1 rings (SSSR count). The average Bonchev–Trinajstić information content (AvgIpc) is 2.53. The van der Waals surface area contributed by atoms with Gasteiger partial charge in [-0.05, 0) is 30.7 Å². The van der Waals surface area contributed by atoms with Crippen molar-refractivity contribution in [2.75, 3.05) is 27.2 Å². The Morgan fingerprint density at radius 1 is 1.43 bits per heavy atom. The Balaban J connectivity index is 3.10. The summed E-state index contributed by atoms with van der Waals surface area (Å²) in [6.07, 6.45) is 0.839. The third kappa shape index (κ3) is 4.72. The summed E-state index contributed by atoms with van der Waals surface area (Å²) >= 11 is 0. The fourth-order valence-electron chi connectivity index (χ4n) is 2.45. The summed E-state index contributed by atoms with van der Waals surface area (Å²) < 4.78 is 5.30. The summed E-state index contributed by atoms with van der Waals surface area (Å²) in [6, 6.07) is 7.85. The second kappa shape index (κ2) is 8.64. The predicted molar refractivity (Wildman–Crippen MR) is 85.3 cm³/mol. The third-order valence-electron chi connectivity index (χ3n) is 3.74. The molecule has 0 aromatic heterocycles. The number of hydrogen-bond donors (Lipinski definition) is 2. The van der Waals surface area contributed by atoms with Gasteiger partial charge in [0.2, 0.25) is 5.91 Å². The minimum atomic E-state index is -0.0401. The second-order valence-electron chi connectivity index (χ2n) is 5.03. The molecular weight excluding hydrogens is 266 g/mol. The van der Waals surface area contributed by atoms with E-state index >= 15 is 0 Å². The van der Waals surface area contributed by atoms with Crippen LogP contribution < -0.4 is 15.8 Å². The van der Waals surface area contributed by atoms with Gasteiger partial charge in [-0.2, -0.15) is 0 Å². The van der Waals surface area contributed by atoms with Crippen molar-refractivity contribution in [3.8, 4) is 5.75 Å². The molecule has 5 nitrogen and oxygen atoms in total. The first-order valence-electron chi connectivity index (χ1n) is 7.41. The number of methoxy groups -OCH3 is 1. The van der Waals surface area contributed by atoms with Crippen LogP contribution in [-0.4, -0.2) is 44.1 Å². The molecule has 0 aliphatic carbocycles. The molecule has 0 saturated heterocycles. The van der Waals surface area contributed by atoms with E-state index < -0.39 is 0 Å². The van der Waals surface area contributed by atoms with Gasteiger partial charge in [-0.3, -0.25) is 9.69 Å². The first kappa shape index (κ1) is 17.5. The Hall–Kier alpha value is -1.59. The van der Waals surface area contributed by atoms with E-state index in [4.69, 9.17) is 10.5 Å². The lowest BCUT2D eigenvalue weighted by Crippen LogP contribution is -2.45. The largest absolute Gasteiger partial charge is 0.497 e. The van der Waals surface area contributed by atoms with Gasteiger partial charge in [-0.25, -0.2) is 0 Å². The lowest BCUT2D eigenvalue weighted by molar-refractivity contribution is -0.122. The van der Waals surface area contributed by atoms with E-state index in [9.17, 15) is 4.79 Å². The Bertz CT molecular complexity index is 451. The van der Waals surface area contributed by atoms with Crippen molar-refractivity contribution < 1.29 is 9.53 Å². The maximum Gasteiger partial charge on any atom is 0.233 e. The Morgan fingerprint density at radius 2 is 2.14 bits per heavy atom. The number of ether oxygens (including phenoxy) is 1. The molecule has 2 atom stereocenters. The van der Waals surface area contributed by atoms with Crippen molar-refractivity contribution >= 4 is 5.91 Å². The highest BCUT2D eigenvalue weighted by Gasteiger charge is 2.26. The average molecular weight is 293 g/mol. The zero-order valence-electron chi connectivity index (χ0n) is 13.4. The first-order valence-corrected chi connectivity index (χ1v) is 7.41. The van der Waals surface area contributed by atoms with E-state index in [2.05, 4.69) is 17.1 Å². The van der Waals surface area contributed by atoms with Crippen molar-refractivity contribution in [2.24, 2.45) is 5.73 Å². The lowest BCUT2D eigenvalue weighted by atomic mass is 9.96. The van der Waals surface area contributed by atoms with Gasteiger partial charge in [0, 0.05) is 13.1 Å². The van der Waals surface area contributed by atoms with Gasteiger partial charge in [0.15, 0.2) is 0 Å². The van der Waals surface area contributed by atoms with Gasteiger partial charge in [0.1, 0.15) is 5.75 Å². The molecule has 3 N–H and O–H groups in total. The standard InChI is InChI=1S/C16H27N3O2/c1-5-14(17)16(19(6-2)11-15(20)18-3)12-8-7-9-13(10-12)21-4/h7-10,14,16H,5-6,11,17H2,1-4H3,(H,18,20). The van der Waals surface area contributed by atoms with Crippen LogP contribution >= 0.6 is 0 Å². The molecule has 1 aromatic carbocycles. The number of nitrogens with zero attached hydrogens (tertiary/aromatic N) is 1. The molecule has 21 heavy (non-hydrogen) atoms. The van der Waals surface area contributed by atoms with E-state index in [-0.39, 0.29) is 18.0 Å². The molecule has 5 heteroatoms. The molecular formula is C16H27N3O2. The van der Waals surface area contributed by atoms with Crippen LogP contribution in [0.4, 0.5) is 0 Å². The summed E-state index contributed by atoms with van der Waals surface area (Å²) in [6.45, 7) is 5.19. The predicted octanol–water partition coefficient (Wildman–Crippen LogP) is 1.54. The molecule has 0 aliphatic heterocycles. The summed E-state index contributed by atoms with van der Waals surface area (Å²) in [7, 11) is 3.30. The molecule has 0 fully saturated rings. The number of amides is 1. The van der Waals surface area contributed by atoms with Crippen molar-refractivity contribution in [1.29, 1.82) is 0 Å². The van der Waals surface area contributed by atoms with Crippen LogP contribution in [0.25, 0.3) is 0 Å². The molecule has 2 unspecified atom stereocenters. The van der Waals surface area contributed by atoms with Crippen molar-refractivity contribution in [2.45, 2.75) is 32.4 Å². The molecule has 0 bridgehead atoms. The molecule has 0 heterocycles. The fourth-order valence-corrected chi connectivity index (χ4v) is 2.45. The van der Waals surface area contributed by atoms with Crippen molar-refractivity contribution in [3.63, 3.8) is 0 Å². The van der Waals surface area contributed by atoms with Gasteiger partial charge < -0.3 is 15.8 Å². The van der Waals surface area contributed by atoms with E-state index in [0.29, 0.717) is 6.54 Å². The lowest BCUT2D eigenvalue weighted by Gasteiger charge is -2.34. The molecule has 0 radical (unpaired) electrons. The van der Waals surface area contributed by atoms with Crippen LogP contribution in [0, 0.1) is 0 Å². The van der Waals surface area contributed by atoms with Crippen LogP contribution in [0.1, 0.15) is 31.9 Å². The highest BCUT2D eigenvalue weighted by molar-refractivity contribution is 5.77. The highest BCUT2D eigenvalue weighted by Crippen LogP contribution is 2.27. The van der Waals surface area contributed by atoms with Crippen molar-refractivity contribution in [1.82, 2.24) is 10.2 Å². The molecule has 1 amide bonds. The minimum Gasteiger partial charge on any atom is -0.497 e. The summed E-state index contributed by atoms with van der Waals surface area (Å²) in [5, 5.41) is 2.67. The Morgan fingerprint density at radius 3 is 2.67 bits per heavy atom. The van der Waals surface area contributed by atoms with Crippen LogP contribution in [0.5, 0.6) is 5.75 Å². The van der Waals surface area contributed by atoms with Gasteiger partial charge >= 0.3 is 0 Å². The summed E-state index contributed by atoms with van der Waals surface area (Å²) in [4.78, 5) is 13.8. The fraction of sp³-hybridized carbons (Fsp3) is 0.562. The molecule has 118 valence electrons. The first-order chi connectivity index (χ1) is 10.1. The monoisotopic (exact) mass is 293 g/mol. The smallest absolute Gasteiger partial charge is 0.233 e. The molecule has 0 spiro atoms. The molecule has 0 saturated carbocycles. The van der Waals surface area contributed by atoms with Crippen LogP contribution in [0.2, 0.25) is 0 Å². The molecule has 0 aliphatic rings. The number of carbonyl (C=O) groups is 1. The maximum absolute atomic E-state index is 11.7.